The van der Waals surface area contributed by atoms with Crippen LogP contribution in [-0.2, 0) is 16.0 Å². The normalized spacial score (nSPS) is 11.6. The summed E-state index contributed by atoms with van der Waals surface area (Å²) in [5.41, 5.74) is 3.92. The number of rotatable bonds is 16. The number of hydrogen-bond acceptors (Lipinski definition) is 5. The lowest BCUT2D eigenvalue weighted by atomic mass is 9.95. The Morgan fingerprint density at radius 3 is 2.16 bits per heavy atom. The van der Waals surface area contributed by atoms with Crippen molar-refractivity contribution in [1.82, 2.24) is 15.3 Å². The number of carboxylic acids is 1. The van der Waals surface area contributed by atoms with E-state index in [2.05, 4.69) is 22.2 Å². The Morgan fingerprint density at radius 1 is 0.868 bits per heavy atom. The summed E-state index contributed by atoms with van der Waals surface area (Å²) in [6.45, 7) is 5.08. The molecule has 0 spiro atoms. The molecule has 0 aliphatic heterocycles. The van der Waals surface area contributed by atoms with Crippen molar-refractivity contribution in [3.63, 3.8) is 0 Å². The van der Waals surface area contributed by atoms with Crippen LogP contribution in [0, 0.1) is 5.92 Å². The third kappa shape index (κ3) is 9.29. The first-order valence-corrected chi connectivity index (χ1v) is 13.6. The molecule has 0 fully saturated rings. The van der Waals surface area contributed by atoms with Gasteiger partial charge in [0.05, 0.1) is 13.0 Å². The fourth-order valence-electron chi connectivity index (χ4n) is 4.20. The first-order valence-electron chi connectivity index (χ1n) is 13.6. The van der Waals surface area contributed by atoms with Crippen LogP contribution in [0.1, 0.15) is 64.4 Å². The fourth-order valence-corrected chi connectivity index (χ4v) is 4.20. The van der Waals surface area contributed by atoms with E-state index in [1.807, 2.05) is 67.8 Å². The molecule has 1 aromatic heterocycles. The van der Waals surface area contributed by atoms with Crippen LogP contribution >= 0.6 is 0 Å². The Labute approximate surface area is 225 Å². The van der Waals surface area contributed by atoms with Gasteiger partial charge < -0.3 is 15.2 Å². The average molecular weight is 518 g/mol. The second kappa shape index (κ2) is 15.5. The van der Waals surface area contributed by atoms with Gasteiger partial charge in [-0.15, -0.1) is 0 Å². The topological polar surface area (TPSA) is 101 Å². The molecule has 3 aromatic rings. The van der Waals surface area contributed by atoms with E-state index in [1.54, 1.807) is 0 Å². The highest BCUT2D eigenvalue weighted by molar-refractivity contribution is 5.79. The van der Waals surface area contributed by atoms with Crippen molar-refractivity contribution in [3.05, 3.63) is 66.5 Å². The van der Waals surface area contributed by atoms with Crippen molar-refractivity contribution in [2.75, 3.05) is 13.2 Å². The predicted molar refractivity (Wildman–Crippen MR) is 150 cm³/mol. The van der Waals surface area contributed by atoms with Crippen LogP contribution in [-0.4, -0.2) is 40.1 Å². The van der Waals surface area contributed by atoms with Crippen molar-refractivity contribution in [3.8, 4) is 28.3 Å². The van der Waals surface area contributed by atoms with Crippen LogP contribution in [0.5, 0.6) is 5.75 Å². The summed E-state index contributed by atoms with van der Waals surface area (Å²) in [5.74, 6) is 0.286. The quantitative estimate of drug-likeness (QED) is 0.216. The Kier molecular flexibility index (Phi) is 11.8. The number of ether oxygens (including phenoxy) is 1. The first kappa shape index (κ1) is 28.8. The molecule has 2 N–H and O–H groups in total. The van der Waals surface area contributed by atoms with E-state index in [0.717, 1.165) is 41.0 Å². The Bertz CT molecular complexity index is 1130. The zero-order valence-corrected chi connectivity index (χ0v) is 22.5. The fraction of sp³-hybridized carbons (Fsp3) is 0.419. The van der Waals surface area contributed by atoms with Gasteiger partial charge >= 0.3 is 5.97 Å². The molecule has 2 aromatic carbocycles. The molecule has 0 bridgehead atoms. The highest BCUT2D eigenvalue weighted by Gasteiger charge is 2.17. The highest BCUT2D eigenvalue weighted by atomic mass is 16.5. The maximum absolute atomic E-state index is 12.4. The molecule has 1 heterocycles. The number of nitrogens with one attached hydrogen (secondary N) is 1. The maximum atomic E-state index is 12.4. The zero-order chi connectivity index (χ0) is 27.2. The lowest BCUT2D eigenvalue weighted by Crippen LogP contribution is -2.33. The van der Waals surface area contributed by atoms with Crippen LogP contribution in [0.3, 0.4) is 0 Å². The van der Waals surface area contributed by atoms with Gasteiger partial charge in [-0.1, -0.05) is 75.9 Å². The van der Waals surface area contributed by atoms with Crippen molar-refractivity contribution in [2.45, 2.75) is 65.2 Å². The van der Waals surface area contributed by atoms with E-state index < -0.39 is 5.97 Å². The molecule has 38 heavy (non-hydrogen) atoms. The first-order chi connectivity index (χ1) is 18.5. The largest absolute Gasteiger partial charge is 0.494 e. The van der Waals surface area contributed by atoms with E-state index in [9.17, 15) is 9.59 Å². The standard InChI is InChI=1S/C31H39N3O4/c1-3-5-6-7-8-19-38-28-15-13-25(14-16-28)27-21-33-30(34-22-27)26-11-9-23(10-12-26)20-24(4-2)31(37)32-18-17-29(35)36/h9-16,21-22,24H,3-8,17-20H2,1-2H3,(H,32,37)(H,35,36). The van der Waals surface area contributed by atoms with Crippen LogP contribution in [0.25, 0.3) is 22.5 Å². The number of carbonyl (C=O) groups excluding carboxylic acids is 1. The number of unbranched alkanes of at least 4 members (excludes halogenated alkanes) is 4. The molecule has 0 aliphatic rings. The lowest BCUT2D eigenvalue weighted by molar-refractivity contribution is -0.137. The van der Waals surface area contributed by atoms with Gasteiger partial charge in [0.1, 0.15) is 5.75 Å². The van der Waals surface area contributed by atoms with Crippen molar-refractivity contribution >= 4 is 11.9 Å². The highest BCUT2D eigenvalue weighted by Crippen LogP contribution is 2.24. The molecular formula is C31H39N3O4. The second-order valence-corrected chi connectivity index (χ2v) is 9.52. The predicted octanol–water partition coefficient (Wildman–Crippen LogP) is 6.32. The van der Waals surface area contributed by atoms with E-state index in [1.165, 1.54) is 25.7 Å². The van der Waals surface area contributed by atoms with Crippen LogP contribution in [0.15, 0.2) is 60.9 Å². The number of benzene rings is 2. The number of carboxylic acid groups (broad SMARTS) is 1. The van der Waals surface area contributed by atoms with E-state index >= 15 is 0 Å². The third-order valence-corrected chi connectivity index (χ3v) is 6.55. The van der Waals surface area contributed by atoms with Crippen LogP contribution in [0.2, 0.25) is 0 Å². The number of amides is 1. The summed E-state index contributed by atoms with van der Waals surface area (Å²) < 4.78 is 5.86. The molecule has 7 heteroatoms. The van der Waals surface area contributed by atoms with Gasteiger partial charge in [-0.05, 0) is 42.5 Å². The number of aromatic nitrogens is 2. The second-order valence-electron chi connectivity index (χ2n) is 9.52. The summed E-state index contributed by atoms with van der Waals surface area (Å²) in [7, 11) is 0. The molecule has 7 nitrogen and oxygen atoms in total. The molecular weight excluding hydrogens is 478 g/mol. The minimum absolute atomic E-state index is 0.0748. The van der Waals surface area contributed by atoms with Crippen LogP contribution < -0.4 is 10.1 Å². The molecule has 1 unspecified atom stereocenters. The van der Waals surface area contributed by atoms with Gasteiger partial charge in [0.25, 0.3) is 0 Å². The number of carbonyl (C=O) groups is 2. The Balaban J connectivity index is 1.52. The van der Waals surface area contributed by atoms with Crippen molar-refractivity contribution in [1.29, 1.82) is 0 Å². The van der Waals surface area contributed by atoms with Gasteiger partial charge in [0.15, 0.2) is 5.82 Å². The van der Waals surface area contributed by atoms with Crippen molar-refractivity contribution in [2.24, 2.45) is 5.92 Å². The minimum atomic E-state index is -0.921. The third-order valence-electron chi connectivity index (χ3n) is 6.55. The smallest absolute Gasteiger partial charge is 0.305 e. The molecule has 3 rings (SSSR count). The lowest BCUT2D eigenvalue weighted by Gasteiger charge is -2.15. The molecule has 0 aliphatic carbocycles. The van der Waals surface area contributed by atoms with Gasteiger partial charge in [-0.2, -0.15) is 0 Å². The number of aliphatic carboxylic acids is 1. The van der Waals surface area contributed by atoms with Gasteiger partial charge in [-0.25, -0.2) is 9.97 Å². The SMILES string of the molecule is CCCCCCCOc1ccc(-c2cnc(-c3ccc(CC(CC)C(=O)NCCC(=O)O)cc3)nc2)cc1. The number of nitrogens with zero attached hydrogens (tertiary/aromatic N) is 2. The van der Waals surface area contributed by atoms with Crippen molar-refractivity contribution < 1.29 is 19.4 Å². The molecule has 202 valence electrons. The minimum Gasteiger partial charge on any atom is -0.494 e. The number of hydrogen-bond donors (Lipinski definition) is 2. The summed E-state index contributed by atoms with van der Waals surface area (Å²) in [6.07, 6.45) is 11.0. The van der Waals surface area contributed by atoms with Gasteiger partial charge in [-0.3, -0.25) is 9.59 Å². The van der Waals surface area contributed by atoms with Gasteiger partial charge in [0.2, 0.25) is 5.91 Å². The Morgan fingerprint density at radius 2 is 1.53 bits per heavy atom. The molecule has 0 saturated carbocycles. The monoisotopic (exact) mass is 517 g/mol. The molecule has 0 saturated heterocycles. The molecule has 0 radical (unpaired) electrons. The Hall–Kier alpha value is -3.74. The van der Waals surface area contributed by atoms with E-state index in [-0.39, 0.29) is 24.8 Å². The maximum Gasteiger partial charge on any atom is 0.305 e. The molecule has 1 atom stereocenters. The summed E-state index contributed by atoms with van der Waals surface area (Å²) >= 11 is 0. The summed E-state index contributed by atoms with van der Waals surface area (Å²) in [6, 6.07) is 15.9. The average Bonchev–Trinajstić information content (AvgIpc) is 2.94. The van der Waals surface area contributed by atoms with Gasteiger partial charge in [0, 0.05) is 36.0 Å². The summed E-state index contributed by atoms with van der Waals surface area (Å²) in [5, 5.41) is 11.5. The van der Waals surface area contributed by atoms with Crippen LogP contribution in [0.4, 0.5) is 0 Å². The molecule has 1 amide bonds. The van der Waals surface area contributed by atoms with E-state index in [4.69, 9.17) is 9.84 Å². The summed E-state index contributed by atoms with van der Waals surface area (Å²) in [4.78, 5) is 32.2. The van der Waals surface area contributed by atoms with E-state index in [0.29, 0.717) is 18.7 Å². The zero-order valence-electron chi connectivity index (χ0n) is 22.5.